The van der Waals surface area contributed by atoms with E-state index in [2.05, 4.69) is 17.2 Å². The van der Waals surface area contributed by atoms with Gasteiger partial charge in [0, 0.05) is 30.9 Å². The van der Waals surface area contributed by atoms with Crippen LogP contribution < -0.4 is 10.6 Å². The number of alkyl halides is 3. The number of hydrogen-bond acceptors (Lipinski definition) is 2. The normalized spacial score (nSPS) is 13.4. The number of hydrogen-bond donors (Lipinski definition) is 2. The molecule has 0 rings (SSSR count). The third-order valence-corrected chi connectivity index (χ3v) is 2.54. The summed E-state index contributed by atoms with van der Waals surface area (Å²) in [6.45, 7) is 10.1. The molecule has 0 aromatic carbocycles. The van der Waals surface area contributed by atoms with E-state index in [9.17, 15) is 18.0 Å². The minimum Gasteiger partial charge on any atom is -0.383 e. The second kappa shape index (κ2) is 9.05. The molecule has 0 saturated heterocycles. The quantitative estimate of drug-likeness (QED) is 0.431. The molecular formula is C15H21F3N2O. The Balaban J connectivity index is 4.31. The van der Waals surface area contributed by atoms with Crippen molar-refractivity contribution in [2.75, 3.05) is 13.1 Å². The van der Waals surface area contributed by atoms with Crippen LogP contribution in [-0.2, 0) is 4.79 Å². The molecular weight excluding hydrogens is 281 g/mol. The molecule has 0 aromatic heterocycles. The van der Waals surface area contributed by atoms with E-state index in [0.717, 1.165) is 16.8 Å². The van der Waals surface area contributed by atoms with Crippen molar-refractivity contribution < 1.29 is 18.0 Å². The van der Waals surface area contributed by atoms with Crippen molar-refractivity contribution in [3.05, 3.63) is 47.7 Å². The first kappa shape index (κ1) is 19.0. The fourth-order valence-electron chi connectivity index (χ4n) is 1.33. The lowest BCUT2D eigenvalue weighted by Crippen LogP contribution is -2.30. The molecule has 3 nitrogen and oxygen atoms in total. The van der Waals surface area contributed by atoms with Crippen molar-refractivity contribution in [1.29, 1.82) is 0 Å². The van der Waals surface area contributed by atoms with Crippen molar-refractivity contribution in [3.8, 4) is 0 Å². The van der Waals surface area contributed by atoms with Crippen LogP contribution >= 0.6 is 0 Å². The lowest BCUT2D eigenvalue weighted by atomic mass is 10.1. The van der Waals surface area contributed by atoms with E-state index in [4.69, 9.17) is 0 Å². The number of carbonyl (C=O) groups excluding carboxylic acids is 1. The van der Waals surface area contributed by atoms with Crippen molar-refractivity contribution in [2.24, 2.45) is 0 Å². The van der Waals surface area contributed by atoms with Gasteiger partial charge in [-0.25, -0.2) is 0 Å². The van der Waals surface area contributed by atoms with E-state index >= 15 is 0 Å². The Kier molecular flexibility index (Phi) is 8.19. The van der Waals surface area contributed by atoms with Crippen LogP contribution in [0.2, 0.25) is 0 Å². The fraction of sp³-hybridized carbons (Fsp3) is 0.400. The van der Waals surface area contributed by atoms with Gasteiger partial charge in [0.15, 0.2) is 0 Å². The minimum absolute atomic E-state index is 0.0911. The summed E-state index contributed by atoms with van der Waals surface area (Å²) >= 11 is 0. The van der Waals surface area contributed by atoms with Crippen LogP contribution in [0.25, 0.3) is 0 Å². The van der Waals surface area contributed by atoms with Crippen LogP contribution in [0, 0.1) is 0 Å². The lowest BCUT2D eigenvalue weighted by molar-refractivity contribution is -0.117. The van der Waals surface area contributed by atoms with Crippen LogP contribution in [0.1, 0.15) is 20.8 Å². The van der Waals surface area contributed by atoms with Crippen molar-refractivity contribution in [1.82, 2.24) is 10.6 Å². The molecule has 0 aromatic rings. The summed E-state index contributed by atoms with van der Waals surface area (Å²) in [7, 11) is 0. The predicted molar refractivity (Wildman–Crippen MR) is 78.5 cm³/mol. The second-order valence-electron chi connectivity index (χ2n) is 4.41. The topological polar surface area (TPSA) is 41.1 Å². The number of halogens is 3. The van der Waals surface area contributed by atoms with Gasteiger partial charge in [0.1, 0.15) is 0 Å². The summed E-state index contributed by atoms with van der Waals surface area (Å²) in [5.74, 6) is -0.776. The first-order chi connectivity index (χ1) is 9.67. The Morgan fingerprint density at radius 1 is 1.14 bits per heavy atom. The third-order valence-electron chi connectivity index (χ3n) is 2.54. The Hall–Kier alpha value is -1.98. The maximum Gasteiger partial charge on any atom is 0.409 e. The molecule has 0 unspecified atom stereocenters. The van der Waals surface area contributed by atoms with Gasteiger partial charge < -0.3 is 10.6 Å². The summed E-state index contributed by atoms with van der Waals surface area (Å²) in [6.07, 6.45) is -0.362. The van der Waals surface area contributed by atoms with Gasteiger partial charge in [-0.1, -0.05) is 18.2 Å². The maximum atomic E-state index is 11.9. The van der Waals surface area contributed by atoms with Crippen molar-refractivity contribution in [3.63, 3.8) is 0 Å². The maximum absolute atomic E-state index is 11.9. The van der Waals surface area contributed by atoms with Gasteiger partial charge in [0.2, 0.25) is 5.91 Å². The largest absolute Gasteiger partial charge is 0.409 e. The average molecular weight is 302 g/mol. The molecule has 2 N–H and O–H groups in total. The zero-order valence-electron chi connectivity index (χ0n) is 12.5. The molecule has 0 saturated carbocycles. The number of carbonyl (C=O) groups is 1. The monoisotopic (exact) mass is 302 g/mol. The summed E-state index contributed by atoms with van der Waals surface area (Å²) in [6, 6.07) is 0. The highest BCUT2D eigenvalue weighted by Gasteiger charge is 2.22. The van der Waals surface area contributed by atoms with Gasteiger partial charge in [0.05, 0.1) is 0 Å². The molecule has 21 heavy (non-hydrogen) atoms. The number of allylic oxidation sites excluding steroid dienone is 5. The van der Waals surface area contributed by atoms with Gasteiger partial charge in [-0.3, -0.25) is 4.79 Å². The molecule has 0 aliphatic heterocycles. The molecule has 0 heterocycles. The number of rotatable bonds is 7. The zero-order chi connectivity index (χ0) is 16.5. The first-order valence-electron chi connectivity index (χ1n) is 6.44. The van der Waals surface area contributed by atoms with E-state index in [0.29, 0.717) is 12.6 Å². The van der Waals surface area contributed by atoms with E-state index in [1.165, 1.54) is 0 Å². The van der Waals surface area contributed by atoms with Crippen LogP contribution in [0.5, 0.6) is 0 Å². The first-order valence-corrected chi connectivity index (χ1v) is 6.44. The lowest BCUT2D eigenvalue weighted by Gasteiger charge is -2.12. The summed E-state index contributed by atoms with van der Waals surface area (Å²) < 4.78 is 35.6. The Morgan fingerprint density at radius 2 is 1.71 bits per heavy atom. The standard InChI is InChI=1S/C15H21F3N2O/c1-5-6-13(12(4)11(2)3)19-9-10-20-14(21)7-8-15(16,17)18/h5-8,19H,2,9-10H2,1,3-4H3,(H,20,21)/b6-5-,8-7+,13-12+. The smallest absolute Gasteiger partial charge is 0.383 e. The van der Waals surface area contributed by atoms with E-state index in [1.807, 2.05) is 32.9 Å². The van der Waals surface area contributed by atoms with Gasteiger partial charge in [0.25, 0.3) is 0 Å². The molecule has 0 radical (unpaired) electrons. The molecule has 0 bridgehead atoms. The highest BCUT2D eigenvalue weighted by atomic mass is 19.4. The van der Waals surface area contributed by atoms with Gasteiger partial charge >= 0.3 is 6.18 Å². The van der Waals surface area contributed by atoms with E-state index < -0.39 is 12.1 Å². The SMILES string of the molecule is C=C(C)/C(C)=C(\C=C/C)NCCNC(=O)/C=C/C(F)(F)F. The summed E-state index contributed by atoms with van der Waals surface area (Å²) in [5, 5.41) is 5.46. The third kappa shape index (κ3) is 9.54. The molecule has 0 fully saturated rings. The molecule has 118 valence electrons. The van der Waals surface area contributed by atoms with E-state index in [-0.39, 0.29) is 12.6 Å². The predicted octanol–water partition coefficient (Wildman–Crippen LogP) is 3.24. The van der Waals surface area contributed by atoms with E-state index in [1.54, 1.807) is 0 Å². The number of amides is 1. The van der Waals surface area contributed by atoms with Gasteiger partial charge in [-0.2, -0.15) is 13.2 Å². The summed E-state index contributed by atoms with van der Waals surface area (Å²) in [5.41, 5.74) is 2.76. The highest BCUT2D eigenvalue weighted by Crippen LogP contribution is 2.15. The molecule has 1 amide bonds. The Labute approximate surface area is 123 Å². The molecule has 0 spiro atoms. The van der Waals surface area contributed by atoms with Crippen LogP contribution in [0.3, 0.4) is 0 Å². The fourth-order valence-corrected chi connectivity index (χ4v) is 1.33. The molecule has 0 aliphatic carbocycles. The van der Waals surface area contributed by atoms with Crippen LogP contribution in [0.4, 0.5) is 13.2 Å². The molecule has 6 heteroatoms. The Morgan fingerprint density at radius 3 is 2.19 bits per heavy atom. The Bertz CT molecular complexity index is 460. The van der Waals surface area contributed by atoms with Crippen LogP contribution in [0.15, 0.2) is 47.7 Å². The second-order valence-corrected chi connectivity index (χ2v) is 4.41. The average Bonchev–Trinajstić information content (AvgIpc) is 2.38. The van der Waals surface area contributed by atoms with Gasteiger partial charge in [-0.05, 0) is 32.4 Å². The zero-order valence-corrected chi connectivity index (χ0v) is 12.5. The molecule has 0 atom stereocenters. The van der Waals surface area contributed by atoms with Gasteiger partial charge in [-0.15, -0.1) is 0 Å². The molecule has 0 aliphatic rings. The number of nitrogens with one attached hydrogen (secondary N) is 2. The minimum atomic E-state index is -4.48. The van der Waals surface area contributed by atoms with Crippen molar-refractivity contribution >= 4 is 5.91 Å². The highest BCUT2D eigenvalue weighted by molar-refractivity contribution is 5.87. The summed E-state index contributed by atoms with van der Waals surface area (Å²) in [4.78, 5) is 11.1. The van der Waals surface area contributed by atoms with Crippen molar-refractivity contribution in [2.45, 2.75) is 26.9 Å². The van der Waals surface area contributed by atoms with Crippen LogP contribution in [-0.4, -0.2) is 25.2 Å².